The Morgan fingerprint density at radius 1 is 0.967 bits per heavy atom. The second kappa shape index (κ2) is 8.53. The summed E-state index contributed by atoms with van der Waals surface area (Å²) >= 11 is 0. The smallest absolute Gasteiger partial charge is 0.253 e. The number of carbonyl (C=O) groups excluding carboxylic acids is 2. The van der Waals surface area contributed by atoms with Crippen LogP contribution in [0.2, 0.25) is 0 Å². The number of amides is 2. The summed E-state index contributed by atoms with van der Waals surface area (Å²) in [6.45, 7) is 9.29. The first-order valence-corrected chi connectivity index (χ1v) is 9.78. The SMILES string of the molecule is Cc1cc(C)c(NC(=O)CNC(=O)c2cc(C)n(-c3ccccc3F)c2C)c(C)c1. The van der Waals surface area contributed by atoms with Crippen molar-refractivity contribution in [1.29, 1.82) is 0 Å². The minimum absolute atomic E-state index is 0.158. The molecule has 1 heterocycles. The summed E-state index contributed by atoms with van der Waals surface area (Å²) in [5, 5.41) is 5.53. The zero-order valence-corrected chi connectivity index (χ0v) is 17.9. The van der Waals surface area contributed by atoms with E-state index in [1.54, 1.807) is 35.8 Å². The molecule has 3 aromatic rings. The van der Waals surface area contributed by atoms with Gasteiger partial charge in [0, 0.05) is 17.1 Å². The standard InChI is InChI=1S/C24H26FN3O2/c1-14-10-15(2)23(16(3)11-14)27-22(29)13-26-24(30)19-12-17(4)28(18(19)5)21-9-7-6-8-20(21)25/h6-12H,13H2,1-5H3,(H,26,30)(H,27,29). The molecular weight excluding hydrogens is 381 g/mol. The van der Waals surface area contributed by atoms with Crippen LogP contribution in [0.1, 0.15) is 38.4 Å². The fourth-order valence-electron chi connectivity index (χ4n) is 3.81. The highest BCUT2D eigenvalue weighted by molar-refractivity contribution is 6.00. The predicted octanol–water partition coefficient (Wildman–Crippen LogP) is 4.53. The van der Waals surface area contributed by atoms with Crippen molar-refractivity contribution in [1.82, 2.24) is 9.88 Å². The topological polar surface area (TPSA) is 63.1 Å². The van der Waals surface area contributed by atoms with Crippen LogP contribution in [0.3, 0.4) is 0 Å². The van der Waals surface area contributed by atoms with Gasteiger partial charge < -0.3 is 15.2 Å². The quantitative estimate of drug-likeness (QED) is 0.653. The Morgan fingerprint density at radius 3 is 2.23 bits per heavy atom. The number of carbonyl (C=O) groups is 2. The van der Waals surface area contributed by atoms with Crippen LogP contribution in [0, 0.1) is 40.4 Å². The van der Waals surface area contributed by atoms with Gasteiger partial charge in [-0.2, -0.15) is 0 Å². The number of halogens is 1. The van der Waals surface area contributed by atoms with Gasteiger partial charge in [-0.15, -0.1) is 0 Å². The number of benzene rings is 2. The second-order valence-corrected chi connectivity index (χ2v) is 7.58. The second-order valence-electron chi connectivity index (χ2n) is 7.58. The van der Waals surface area contributed by atoms with E-state index in [0.717, 1.165) is 28.1 Å². The lowest BCUT2D eigenvalue weighted by Gasteiger charge is -2.13. The first kappa shape index (κ1) is 21.3. The third kappa shape index (κ3) is 4.27. The Hall–Kier alpha value is -3.41. The molecule has 2 aromatic carbocycles. The minimum atomic E-state index is -0.377. The maximum Gasteiger partial charge on any atom is 0.253 e. The van der Waals surface area contributed by atoms with Crippen molar-refractivity contribution >= 4 is 17.5 Å². The molecule has 0 aliphatic carbocycles. The lowest BCUT2D eigenvalue weighted by molar-refractivity contribution is -0.115. The number of aromatic nitrogens is 1. The molecule has 5 nitrogen and oxygen atoms in total. The largest absolute Gasteiger partial charge is 0.343 e. The van der Waals surface area contributed by atoms with E-state index in [2.05, 4.69) is 10.6 Å². The van der Waals surface area contributed by atoms with Crippen molar-refractivity contribution in [2.45, 2.75) is 34.6 Å². The minimum Gasteiger partial charge on any atom is -0.343 e. The number of nitrogens with one attached hydrogen (secondary N) is 2. The lowest BCUT2D eigenvalue weighted by Crippen LogP contribution is -2.33. The number of hydrogen-bond acceptors (Lipinski definition) is 2. The molecule has 3 rings (SSSR count). The van der Waals surface area contributed by atoms with Crippen molar-refractivity contribution < 1.29 is 14.0 Å². The molecule has 0 spiro atoms. The lowest BCUT2D eigenvalue weighted by atomic mass is 10.1. The first-order valence-electron chi connectivity index (χ1n) is 9.78. The monoisotopic (exact) mass is 407 g/mol. The Labute approximate surface area is 175 Å². The van der Waals surface area contributed by atoms with Crippen LogP contribution in [0.5, 0.6) is 0 Å². The van der Waals surface area contributed by atoms with Gasteiger partial charge in [-0.3, -0.25) is 9.59 Å². The average Bonchev–Trinajstić information content (AvgIpc) is 2.97. The molecule has 0 saturated carbocycles. The normalized spacial score (nSPS) is 10.7. The third-order valence-corrected chi connectivity index (χ3v) is 5.12. The molecule has 156 valence electrons. The Balaban J connectivity index is 1.72. The highest BCUT2D eigenvalue weighted by Gasteiger charge is 2.19. The third-order valence-electron chi connectivity index (χ3n) is 5.12. The van der Waals surface area contributed by atoms with Crippen LogP contribution in [0.4, 0.5) is 10.1 Å². The van der Waals surface area contributed by atoms with E-state index in [4.69, 9.17) is 0 Å². The zero-order valence-electron chi connectivity index (χ0n) is 17.9. The molecule has 0 bridgehead atoms. The van der Waals surface area contributed by atoms with Gasteiger partial charge in [0.1, 0.15) is 5.82 Å². The average molecular weight is 407 g/mol. The van der Waals surface area contributed by atoms with Gasteiger partial charge in [0.2, 0.25) is 5.91 Å². The molecule has 2 N–H and O–H groups in total. The van der Waals surface area contributed by atoms with E-state index < -0.39 is 0 Å². The maximum atomic E-state index is 14.2. The molecule has 0 unspecified atom stereocenters. The van der Waals surface area contributed by atoms with Gasteiger partial charge in [-0.05, 0) is 63.9 Å². The molecule has 0 saturated heterocycles. The van der Waals surface area contributed by atoms with Crippen molar-refractivity contribution in [3.05, 3.63) is 81.9 Å². The fraction of sp³-hybridized carbons (Fsp3) is 0.250. The van der Waals surface area contributed by atoms with Crippen molar-refractivity contribution in [2.75, 3.05) is 11.9 Å². The Kier molecular flexibility index (Phi) is 6.06. The molecule has 2 amide bonds. The number of rotatable bonds is 5. The van der Waals surface area contributed by atoms with Crippen molar-refractivity contribution in [2.24, 2.45) is 0 Å². The highest BCUT2D eigenvalue weighted by Crippen LogP contribution is 2.23. The Bertz CT molecular complexity index is 1110. The number of para-hydroxylation sites is 1. The first-order chi connectivity index (χ1) is 14.2. The summed E-state index contributed by atoms with van der Waals surface area (Å²) < 4.78 is 15.9. The maximum absolute atomic E-state index is 14.2. The van der Waals surface area contributed by atoms with Gasteiger partial charge in [0.15, 0.2) is 0 Å². The molecule has 0 radical (unpaired) electrons. The zero-order chi connectivity index (χ0) is 22.0. The molecule has 1 aromatic heterocycles. The van der Waals surface area contributed by atoms with Gasteiger partial charge in [0.05, 0.1) is 17.8 Å². The van der Waals surface area contributed by atoms with Crippen LogP contribution in [-0.4, -0.2) is 22.9 Å². The number of anilines is 1. The molecule has 0 fully saturated rings. The molecule has 0 aliphatic rings. The Morgan fingerprint density at radius 2 is 1.60 bits per heavy atom. The van der Waals surface area contributed by atoms with Crippen molar-refractivity contribution in [3.8, 4) is 5.69 Å². The summed E-state index contributed by atoms with van der Waals surface area (Å²) in [7, 11) is 0. The van der Waals surface area contributed by atoms with E-state index in [1.807, 2.05) is 39.8 Å². The summed E-state index contributed by atoms with van der Waals surface area (Å²) in [5.41, 5.74) is 5.97. The van der Waals surface area contributed by atoms with E-state index in [1.165, 1.54) is 6.07 Å². The van der Waals surface area contributed by atoms with E-state index in [0.29, 0.717) is 16.9 Å². The van der Waals surface area contributed by atoms with E-state index in [9.17, 15) is 14.0 Å². The van der Waals surface area contributed by atoms with Gasteiger partial charge in [-0.1, -0.05) is 29.8 Å². The van der Waals surface area contributed by atoms with Crippen LogP contribution in [-0.2, 0) is 4.79 Å². The summed E-state index contributed by atoms with van der Waals surface area (Å²) in [4.78, 5) is 25.1. The molecule has 0 atom stereocenters. The molecule has 0 aliphatic heterocycles. The number of nitrogens with zero attached hydrogens (tertiary/aromatic N) is 1. The van der Waals surface area contributed by atoms with Gasteiger partial charge in [0.25, 0.3) is 5.91 Å². The van der Waals surface area contributed by atoms with Crippen LogP contribution < -0.4 is 10.6 Å². The molecule has 30 heavy (non-hydrogen) atoms. The fourth-order valence-corrected chi connectivity index (χ4v) is 3.81. The summed E-state index contributed by atoms with van der Waals surface area (Å²) in [6.07, 6.45) is 0. The van der Waals surface area contributed by atoms with Crippen LogP contribution >= 0.6 is 0 Å². The summed E-state index contributed by atoms with van der Waals surface area (Å²) in [6, 6.07) is 12.1. The summed E-state index contributed by atoms with van der Waals surface area (Å²) in [5.74, 6) is -1.05. The molecule has 6 heteroatoms. The highest BCUT2D eigenvalue weighted by atomic mass is 19.1. The number of hydrogen-bond donors (Lipinski definition) is 2. The van der Waals surface area contributed by atoms with Crippen LogP contribution in [0.25, 0.3) is 5.69 Å². The van der Waals surface area contributed by atoms with Gasteiger partial charge in [-0.25, -0.2) is 4.39 Å². The van der Waals surface area contributed by atoms with Gasteiger partial charge >= 0.3 is 0 Å². The van der Waals surface area contributed by atoms with Crippen molar-refractivity contribution in [3.63, 3.8) is 0 Å². The van der Waals surface area contributed by atoms with E-state index >= 15 is 0 Å². The predicted molar refractivity (Wildman–Crippen MR) is 117 cm³/mol. The number of aryl methyl sites for hydroxylation is 4. The van der Waals surface area contributed by atoms with E-state index in [-0.39, 0.29) is 24.2 Å². The molecular formula is C24H26FN3O2. The van der Waals surface area contributed by atoms with Crippen LogP contribution in [0.15, 0.2) is 42.5 Å².